The minimum atomic E-state index is -0.108. The monoisotopic (exact) mass is 225 g/mol. The molecule has 0 aromatic carbocycles. The number of aromatic amines is 1. The Labute approximate surface area is 92.9 Å². The van der Waals surface area contributed by atoms with E-state index in [1.54, 1.807) is 0 Å². The Balaban J connectivity index is 1.84. The van der Waals surface area contributed by atoms with Gasteiger partial charge in [0.1, 0.15) is 5.82 Å². The summed E-state index contributed by atoms with van der Waals surface area (Å²) in [6.07, 6.45) is 5.35. The van der Waals surface area contributed by atoms with Gasteiger partial charge >= 0.3 is 0 Å². The van der Waals surface area contributed by atoms with Crippen LogP contribution in [0, 0.1) is 0 Å². The third-order valence-corrected chi connectivity index (χ3v) is 3.86. The summed E-state index contributed by atoms with van der Waals surface area (Å²) in [6.45, 7) is 0.904. The van der Waals surface area contributed by atoms with Gasteiger partial charge in [0.25, 0.3) is 5.56 Å². The van der Waals surface area contributed by atoms with Crippen LogP contribution in [0.3, 0.4) is 0 Å². The van der Waals surface area contributed by atoms with Crippen LogP contribution in [0.5, 0.6) is 0 Å². The van der Waals surface area contributed by atoms with Gasteiger partial charge in [-0.15, -0.1) is 0 Å². The smallest absolute Gasteiger partial charge is 0.252 e. The second kappa shape index (κ2) is 5.21. The van der Waals surface area contributed by atoms with Crippen molar-refractivity contribution < 1.29 is 0 Å². The SMILES string of the molecule is O=c1cc(NCC2CCCCS2)nc[nH]1. The summed E-state index contributed by atoms with van der Waals surface area (Å²) in [6, 6.07) is 1.49. The van der Waals surface area contributed by atoms with E-state index in [4.69, 9.17) is 0 Å². The van der Waals surface area contributed by atoms with Crippen LogP contribution in [0.4, 0.5) is 5.82 Å². The number of aromatic nitrogens is 2. The van der Waals surface area contributed by atoms with E-state index in [1.807, 2.05) is 11.8 Å². The van der Waals surface area contributed by atoms with Gasteiger partial charge in [-0.3, -0.25) is 4.79 Å². The standard InChI is InChI=1S/C10H15N3OS/c14-10-5-9(12-7-13-10)11-6-8-3-1-2-4-15-8/h5,7-8H,1-4,6H2,(H2,11,12,13,14). The second-order valence-corrected chi connectivity index (χ2v) is 5.07. The van der Waals surface area contributed by atoms with E-state index in [9.17, 15) is 4.79 Å². The van der Waals surface area contributed by atoms with Gasteiger partial charge in [-0.05, 0) is 18.6 Å². The Kier molecular flexibility index (Phi) is 3.66. The van der Waals surface area contributed by atoms with Crippen LogP contribution < -0.4 is 10.9 Å². The van der Waals surface area contributed by atoms with Crippen LogP contribution >= 0.6 is 11.8 Å². The summed E-state index contributed by atoms with van der Waals surface area (Å²) in [5.41, 5.74) is -0.108. The largest absolute Gasteiger partial charge is 0.369 e. The molecule has 1 unspecified atom stereocenters. The second-order valence-electron chi connectivity index (χ2n) is 3.67. The first-order valence-corrected chi connectivity index (χ1v) is 6.30. The maximum atomic E-state index is 11.0. The summed E-state index contributed by atoms with van der Waals surface area (Å²) < 4.78 is 0. The van der Waals surface area contributed by atoms with Gasteiger partial charge in [-0.25, -0.2) is 4.98 Å². The fraction of sp³-hybridized carbons (Fsp3) is 0.600. The van der Waals surface area contributed by atoms with Gasteiger partial charge in [0.15, 0.2) is 0 Å². The lowest BCUT2D eigenvalue weighted by Crippen LogP contribution is -2.21. The molecule has 5 heteroatoms. The molecule has 1 fully saturated rings. The predicted molar refractivity (Wildman–Crippen MR) is 63.4 cm³/mol. The molecule has 0 aliphatic carbocycles. The molecule has 1 saturated heterocycles. The molecule has 1 aliphatic rings. The molecule has 15 heavy (non-hydrogen) atoms. The summed E-state index contributed by atoms with van der Waals surface area (Å²) >= 11 is 2.01. The zero-order valence-electron chi connectivity index (χ0n) is 8.53. The van der Waals surface area contributed by atoms with Crippen LogP contribution in [0.25, 0.3) is 0 Å². The molecule has 2 N–H and O–H groups in total. The first kappa shape index (κ1) is 10.5. The lowest BCUT2D eigenvalue weighted by molar-refractivity contribution is 0.677. The molecule has 2 heterocycles. The number of hydrogen-bond donors (Lipinski definition) is 2. The Morgan fingerprint density at radius 1 is 1.60 bits per heavy atom. The molecule has 0 bridgehead atoms. The molecule has 0 saturated carbocycles. The Morgan fingerprint density at radius 3 is 3.27 bits per heavy atom. The van der Waals surface area contributed by atoms with E-state index in [0.717, 1.165) is 6.54 Å². The molecule has 0 amide bonds. The topological polar surface area (TPSA) is 57.8 Å². The Hall–Kier alpha value is -0.970. The third-order valence-electron chi connectivity index (χ3n) is 2.46. The molecule has 82 valence electrons. The quantitative estimate of drug-likeness (QED) is 0.818. The van der Waals surface area contributed by atoms with Crippen molar-refractivity contribution in [3.05, 3.63) is 22.7 Å². The van der Waals surface area contributed by atoms with Crippen molar-refractivity contribution in [1.29, 1.82) is 0 Å². The van der Waals surface area contributed by atoms with Crippen molar-refractivity contribution in [2.75, 3.05) is 17.6 Å². The van der Waals surface area contributed by atoms with Gasteiger partial charge in [-0.1, -0.05) is 6.42 Å². The van der Waals surface area contributed by atoms with Crippen molar-refractivity contribution in [3.63, 3.8) is 0 Å². The molecule has 0 spiro atoms. The van der Waals surface area contributed by atoms with E-state index in [-0.39, 0.29) is 5.56 Å². The van der Waals surface area contributed by atoms with Crippen molar-refractivity contribution >= 4 is 17.6 Å². The fourth-order valence-corrected chi connectivity index (χ4v) is 2.89. The fourth-order valence-electron chi connectivity index (χ4n) is 1.65. The number of anilines is 1. The Morgan fingerprint density at radius 2 is 2.53 bits per heavy atom. The van der Waals surface area contributed by atoms with Crippen molar-refractivity contribution in [2.24, 2.45) is 0 Å². The molecule has 1 atom stereocenters. The van der Waals surface area contributed by atoms with Crippen LogP contribution in [-0.4, -0.2) is 27.5 Å². The van der Waals surface area contributed by atoms with E-state index < -0.39 is 0 Å². The van der Waals surface area contributed by atoms with E-state index in [2.05, 4.69) is 15.3 Å². The lowest BCUT2D eigenvalue weighted by Gasteiger charge is -2.21. The number of hydrogen-bond acceptors (Lipinski definition) is 4. The summed E-state index contributed by atoms with van der Waals surface area (Å²) in [7, 11) is 0. The first-order valence-electron chi connectivity index (χ1n) is 5.25. The van der Waals surface area contributed by atoms with Crippen LogP contribution in [0.15, 0.2) is 17.2 Å². The molecule has 2 rings (SSSR count). The van der Waals surface area contributed by atoms with Gasteiger partial charge in [-0.2, -0.15) is 11.8 Å². The molecule has 1 aromatic heterocycles. The highest BCUT2D eigenvalue weighted by Crippen LogP contribution is 2.24. The molecule has 4 nitrogen and oxygen atoms in total. The zero-order chi connectivity index (χ0) is 10.5. The maximum absolute atomic E-state index is 11.0. The average molecular weight is 225 g/mol. The Bertz CT molecular complexity index is 360. The van der Waals surface area contributed by atoms with Crippen molar-refractivity contribution in [2.45, 2.75) is 24.5 Å². The summed E-state index contributed by atoms with van der Waals surface area (Å²) in [5.74, 6) is 1.93. The maximum Gasteiger partial charge on any atom is 0.252 e. The number of nitrogens with zero attached hydrogens (tertiary/aromatic N) is 1. The zero-order valence-corrected chi connectivity index (χ0v) is 9.35. The minimum absolute atomic E-state index is 0.108. The van der Waals surface area contributed by atoms with Gasteiger partial charge in [0.2, 0.25) is 0 Å². The lowest BCUT2D eigenvalue weighted by atomic mass is 10.2. The van der Waals surface area contributed by atoms with Crippen molar-refractivity contribution in [1.82, 2.24) is 9.97 Å². The normalized spacial score (nSPS) is 21.2. The molecular weight excluding hydrogens is 210 g/mol. The minimum Gasteiger partial charge on any atom is -0.369 e. The van der Waals surface area contributed by atoms with Gasteiger partial charge in [0.05, 0.1) is 6.33 Å². The van der Waals surface area contributed by atoms with E-state index in [1.165, 1.54) is 37.4 Å². The van der Waals surface area contributed by atoms with Gasteiger partial charge < -0.3 is 10.3 Å². The molecule has 1 aliphatic heterocycles. The highest BCUT2D eigenvalue weighted by Gasteiger charge is 2.13. The van der Waals surface area contributed by atoms with Crippen LogP contribution in [0.1, 0.15) is 19.3 Å². The van der Waals surface area contributed by atoms with E-state index >= 15 is 0 Å². The summed E-state index contributed by atoms with van der Waals surface area (Å²) in [5, 5.41) is 3.87. The highest BCUT2D eigenvalue weighted by molar-refractivity contribution is 7.99. The molecule has 0 radical (unpaired) electrons. The number of H-pyrrole nitrogens is 1. The number of thioether (sulfide) groups is 1. The van der Waals surface area contributed by atoms with Crippen LogP contribution in [-0.2, 0) is 0 Å². The predicted octanol–water partition coefficient (Wildman–Crippen LogP) is 1.47. The first-order chi connectivity index (χ1) is 7.34. The van der Waals surface area contributed by atoms with E-state index in [0.29, 0.717) is 11.1 Å². The van der Waals surface area contributed by atoms with Crippen LogP contribution in [0.2, 0.25) is 0 Å². The highest BCUT2D eigenvalue weighted by atomic mass is 32.2. The molecular formula is C10H15N3OS. The van der Waals surface area contributed by atoms with Gasteiger partial charge in [0, 0.05) is 17.9 Å². The summed E-state index contributed by atoms with van der Waals surface area (Å²) in [4.78, 5) is 17.5. The number of rotatable bonds is 3. The number of nitrogens with one attached hydrogen (secondary N) is 2. The average Bonchev–Trinajstić information content (AvgIpc) is 2.28. The van der Waals surface area contributed by atoms with Crippen molar-refractivity contribution in [3.8, 4) is 0 Å². The molecule has 1 aromatic rings. The third kappa shape index (κ3) is 3.27.